The Morgan fingerprint density at radius 1 is 1.08 bits per heavy atom. The van der Waals surface area contributed by atoms with Crippen LogP contribution in [0.5, 0.6) is 0 Å². The standard InChI is InChI=1S/C28H34N2O6/c1-4-18(2)20(17-31)30-23-25(33)29(16-19-10-6-5-7-11-19)14-8-13-28(23)21(24(30)32)22-26(34)35-15-9-12-27(22,3)36-28/h5-13,18,20-23,31H,4,14-17H2,1-3H3/t18-,20-,21-,22+,23?,27-,28-/m0/s1. The Balaban J connectivity index is 1.64. The number of cyclic esters (lactones) is 1. The van der Waals surface area contributed by atoms with Crippen LogP contribution in [0.4, 0.5) is 0 Å². The molecule has 5 rings (SSSR count). The third kappa shape index (κ3) is 3.61. The summed E-state index contributed by atoms with van der Waals surface area (Å²) in [7, 11) is 0. The highest BCUT2D eigenvalue weighted by Gasteiger charge is 2.75. The van der Waals surface area contributed by atoms with Crippen molar-refractivity contribution in [3.05, 3.63) is 60.2 Å². The van der Waals surface area contributed by atoms with E-state index in [1.807, 2.05) is 56.3 Å². The van der Waals surface area contributed by atoms with Crippen molar-refractivity contribution < 1.29 is 29.0 Å². The van der Waals surface area contributed by atoms with Gasteiger partial charge in [0.1, 0.15) is 24.2 Å². The maximum Gasteiger partial charge on any atom is 0.313 e. The summed E-state index contributed by atoms with van der Waals surface area (Å²) in [6, 6.07) is 8.09. The summed E-state index contributed by atoms with van der Waals surface area (Å²) in [5.74, 6) is -3.00. The number of ether oxygens (including phenoxy) is 2. The molecular formula is C28H34N2O6. The van der Waals surface area contributed by atoms with E-state index in [1.54, 1.807) is 24.0 Å². The highest BCUT2D eigenvalue weighted by molar-refractivity contribution is 5.99. The van der Waals surface area contributed by atoms with E-state index in [0.717, 1.165) is 5.56 Å². The SMILES string of the molecule is CC[C@H](C)[C@H](CO)N1C(=O)[C@@H]2[C@@H]3C(=O)OCC=C[C@]3(C)O[C@@]23C=CCN(Cc2ccccc2)C(=O)C13. The lowest BCUT2D eigenvalue weighted by Crippen LogP contribution is -2.59. The number of carbonyl (C=O) groups excluding carboxylic acids is 3. The molecule has 2 fully saturated rings. The van der Waals surface area contributed by atoms with E-state index >= 15 is 0 Å². The molecule has 1 aromatic rings. The van der Waals surface area contributed by atoms with Crippen LogP contribution < -0.4 is 0 Å². The van der Waals surface area contributed by atoms with E-state index in [4.69, 9.17) is 9.47 Å². The highest BCUT2D eigenvalue weighted by atomic mass is 16.6. The van der Waals surface area contributed by atoms with Crippen LogP contribution in [0.3, 0.4) is 0 Å². The number of carbonyl (C=O) groups is 3. The maximum atomic E-state index is 14.3. The fourth-order valence-electron chi connectivity index (χ4n) is 6.46. The summed E-state index contributed by atoms with van der Waals surface area (Å²) in [6.07, 6.45) is 7.91. The Hall–Kier alpha value is -2.97. The van der Waals surface area contributed by atoms with Crippen molar-refractivity contribution in [3.8, 4) is 0 Å². The number of nitrogens with zero attached hydrogens (tertiary/aromatic N) is 2. The van der Waals surface area contributed by atoms with Gasteiger partial charge in [-0.2, -0.15) is 0 Å². The van der Waals surface area contributed by atoms with Crippen molar-refractivity contribution in [1.82, 2.24) is 9.80 Å². The van der Waals surface area contributed by atoms with Gasteiger partial charge >= 0.3 is 5.97 Å². The molecule has 0 bridgehead atoms. The summed E-state index contributed by atoms with van der Waals surface area (Å²) in [5, 5.41) is 10.4. The highest BCUT2D eigenvalue weighted by Crippen LogP contribution is 2.58. The molecule has 1 spiro atoms. The first-order valence-electron chi connectivity index (χ1n) is 12.8. The van der Waals surface area contributed by atoms with E-state index < -0.39 is 41.1 Å². The molecule has 0 aliphatic carbocycles. The fourth-order valence-corrected chi connectivity index (χ4v) is 6.46. The fraction of sp³-hybridized carbons (Fsp3) is 0.536. The summed E-state index contributed by atoms with van der Waals surface area (Å²) in [4.78, 5) is 45.0. The molecule has 4 heterocycles. The number of hydrogen-bond acceptors (Lipinski definition) is 6. The number of aliphatic hydroxyl groups is 1. The zero-order valence-electron chi connectivity index (χ0n) is 21.0. The molecule has 1 unspecified atom stereocenters. The first-order chi connectivity index (χ1) is 17.3. The van der Waals surface area contributed by atoms with Gasteiger partial charge in [0, 0.05) is 13.1 Å². The van der Waals surface area contributed by atoms with Gasteiger partial charge in [-0.15, -0.1) is 0 Å². The average Bonchev–Trinajstić information content (AvgIpc) is 3.13. The molecule has 0 aromatic heterocycles. The third-order valence-corrected chi connectivity index (χ3v) is 8.40. The molecule has 4 aliphatic heterocycles. The number of hydrogen-bond donors (Lipinski definition) is 1. The van der Waals surface area contributed by atoms with Gasteiger partial charge < -0.3 is 24.4 Å². The second kappa shape index (κ2) is 9.16. The molecular weight excluding hydrogens is 460 g/mol. The van der Waals surface area contributed by atoms with Crippen molar-refractivity contribution in [2.45, 2.75) is 57.0 Å². The van der Waals surface area contributed by atoms with Gasteiger partial charge in [-0.25, -0.2) is 0 Å². The summed E-state index contributed by atoms with van der Waals surface area (Å²) >= 11 is 0. The molecule has 0 radical (unpaired) electrons. The number of fused-ring (bicyclic) bond motifs is 2. The number of amides is 2. The molecule has 2 saturated heterocycles. The monoisotopic (exact) mass is 494 g/mol. The Bertz CT molecular complexity index is 1100. The topological polar surface area (TPSA) is 96.4 Å². The van der Waals surface area contributed by atoms with Crippen molar-refractivity contribution in [3.63, 3.8) is 0 Å². The predicted octanol–water partition coefficient (Wildman–Crippen LogP) is 2.08. The van der Waals surface area contributed by atoms with Crippen molar-refractivity contribution in [2.75, 3.05) is 19.8 Å². The van der Waals surface area contributed by atoms with Crippen molar-refractivity contribution in [1.29, 1.82) is 0 Å². The average molecular weight is 495 g/mol. The zero-order chi connectivity index (χ0) is 25.7. The quantitative estimate of drug-likeness (QED) is 0.481. The molecule has 36 heavy (non-hydrogen) atoms. The molecule has 8 heteroatoms. The summed E-state index contributed by atoms with van der Waals surface area (Å²) in [6.45, 7) is 6.27. The van der Waals surface area contributed by atoms with Crippen molar-refractivity contribution >= 4 is 17.8 Å². The lowest BCUT2D eigenvalue weighted by molar-refractivity contribution is -0.160. The summed E-state index contributed by atoms with van der Waals surface area (Å²) < 4.78 is 12.1. The van der Waals surface area contributed by atoms with E-state index in [1.165, 1.54) is 4.90 Å². The number of rotatable bonds is 6. The van der Waals surface area contributed by atoms with Gasteiger partial charge in [0.25, 0.3) is 0 Å². The van der Waals surface area contributed by atoms with E-state index in [9.17, 15) is 19.5 Å². The number of benzene rings is 1. The minimum Gasteiger partial charge on any atom is -0.461 e. The van der Waals surface area contributed by atoms with Crippen LogP contribution in [0, 0.1) is 17.8 Å². The molecule has 2 amide bonds. The van der Waals surface area contributed by atoms with Crippen LogP contribution in [0.25, 0.3) is 0 Å². The minimum atomic E-state index is -1.35. The molecule has 4 aliphatic rings. The zero-order valence-corrected chi connectivity index (χ0v) is 21.0. The Labute approximate surface area is 211 Å². The van der Waals surface area contributed by atoms with E-state index in [-0.39, 0.29) is 30.9 Å². The molecule has 1 aromatic carbocycles. The van der Waals surface area contributed by atoms with E-state index in [0.29, 0.717) is 19.5 Å². The van der Waals surface area contributed by atoms with E-state index in [2.05, 4.69) is 0 Å². The Morgan fingerprint density at radius 3 is 2.53 bits per heavy atom. The first-order valence-corrected chi connectivity index (χ1v) is 12.8. The summed E-state index contributed by atoms with van der Waals surface area (Å²) in [5.41, 5.74) is -1.47. The van der Waals surface area contributed by atoms with Crippen LogP contribution in [-0.2, 0) is 30.4 Å². The van der Waals surface area contributed by atoms with Crippen LogP contribution in [0.15, 0.2) is 54.6 Å². The second-order valence-corrected chi connectivity index (χ2v) is 10.5. The lowest BCUT2D eigenvalue weighted by Gasteiger charge is -2.41. The van der Waals surface area contributed by atoms with Gasteiger partial charge in [0.15, 0.2) is 0 Å². The third-order valence-electron chi connectivity index (χ3n) is 8.40. The molecule has 192 valence electrons. The Morgan fingerprint density at radius 2 is 1.83 bits per heavy atom. The van der Waals surface area contributed by atoms with Gasteiger partial charge in [-0.1, -0.05) is 68.8 Å². The van der Waals surface area contributed by atoms with Crippen LogP contribution in [0.2, 0.25) is 0 Å². The smallest absolute Gasteiger partial charge is 0.313 e. The van der Waals surface area contributed by atoms with Gasteiger partial charge in [-0.05, 0) is 24.5 Å². The maximum absolute atomic E-state index is 14.3. The molecule has 7 atom stereocenters. The minimum absolute atomic E-state index is 0.0650. The number of likely N-dealkylation sites (tertiary alicyclic amines) is 1. The molecule has 8 nitrogen and oxygen atoms in total. The Kier molecular flexibility index (Phi) is 6.29. The number of esters is 1. The molecule has 0 saturated carbocycles. The first kappa shape index (κ1) is 24.7. The van der Waals surface area contributed by atoms with Crippen LogP contribution in [0.1, 0.15) is 32.8 Å². The van der Waals surface area contributed by atoms with Gasteiger partial charge in [0.05, 0.1) is 24.2 Å². The second-order valence-electron chi connectivity index (χ2n) is 10.5. The lowest BCUT2D eigenvalue weighted by atomic mass is 9.75. The van der Waals surface area contributed by atoms with Gasteiger partial charge in [0.2, 0.25) is 11.8 Å². The van der Waals surface area contributed by atoms with Crippen LogP contribution in [-0.4, -0.2) is 75.7 Å². The van der Waals surface area contributed by atoms with Gasteiger partial charge in [-0.3, -0.25) is 14.4 Å². The van der Waals surface area contributed by atoms with Crippen LogP contribution >= 0.6 is 0 Å². The largest absolute Gasteiger partial charge is 0.461 e. The molecule has 1 N–H and O–H groups in total. The predicted molar refractivity (Wildman–Crippen MR) is 131 cm³/mol. The van der Waals surface area contributed by atoms with Crippen molar-refractivity contribution in [2.24, 2.45) is 17.8 Å². The normalized spacial score (nSPS) is 35.0. The number of aliphatic hydroxyl groups excluding tert-OH is 1.